The van der Waals surface area contributed by atoms with Gasteiger partial charge in [-0.15, -0.1) is 11.3 Å². The van der Waals surface area contributed by atoms with Gasteiger partial charge in [-0.3, -0.25) is 4.79 Å². The summed E-state index contributed by atoms with van der Waals surface area (Å²) in [5, 5.41) is 25.6. The molecule has 2 aromatic heterocycles. The molecule has 0 bridgehead atoms. The molecule has 4 heterocycles. The lowest BCUT2D eigenvalue weighted by atomic mass is 10.1. The summed E-state index contributed by atoms with van der Waals surface area (Å²) in [6.07, 6.45) is 0.679. The standard InChI is InChI=1S/C22H25N7O6S2/c1-11-6-15-17(9-24-11)36-20(26-15)21(30)29-5-4-28(10-16(29)22(31)32)37(34,35)18-8-13-7-12(19(23)27-33)2-3-14(13)25-18/h2-3,7-8,11,16,24-25,33H,4-6,9-10H2,1H3,(H2,23,27)(H,31,32). The fourth-order valence-electron chi connectivity index (χ4n) is 4.56. The lowest BCUT2D eigenvalue weighted by Gasteiger charge is -2.37. The molecule has 1 fully saturated rings. The highest BCUT2D eigenvalue weighted by Crippen LogP contribution is 2.28. The molecule has 0 saturated carbocycles. The molecular weight excluding hydrogens is 522 g/mol. The summed E-state index contributed by atoms with van der Waals surface area (Å²) in [7, 11) is -4.11. The van der Waals surface area contributed by atoms with Gasteiger partial charge in [0.2, 0.25) is 0 Å². The molecule has 15 heteroatoms. The van der Waals surface area contributed by atoms with Gasteiger partial charge in [-0.25, -0.2) is 18.2 Å². The zero-order valence-electron chi connectivity index (χ0n) is 19.7. The van der Waals surface area contributed by atoms with Crippen molar-refractivity contribution in [3.63, 3.8) is 0 Å². The van der Waals surface area contributed by atoms with Crippen molar-refractivity contribution in [2.24, 2.45) is 10.9 Å². The number of oxime groups is 1. The molecule has 2 atom stereocenters. The van der Waals surface area contributed by atoms with Gasteiger partial charge in [0.05, 0.1) is 5.69 Å². The smallest absolute Gasteiger partial charge is 0.327 e. The molecule has 1 aromatic carbocycles. The number of nitrogens with one attached hydrogen (secondary N) is 2. The van der Waals surface area contributed by atoms with Gasteiger partial charge in [0.1, 0.15) is 11.1 Å². The number of fused-ring (bicyclic) bond motifs is 2. The van der Waals surface area contributed by atoms with Crippen LogP contribution < -0.4 is 11.1 Å². The van der Waals surface area contributed by atoms with Crippen molar-refractivity contribution in [1.29, 1.82) is 0 Å². The van der Waals surface area contributed by atoms with E-state index in [0.717, 1.165) is 14.9 Å². The van der Waals surface area contributed by atoms with Crippen LogP contribution in [0.4, 0.5) is 0 Å². The number of benzene rings is 1. The predicted molar refractivity (Wildman–Crippen MR) is 134 cm³/mol. The van der Waals surface area contributed by atoms with Crippen LogP contribution in [0.25, 0.3) is 10.9 Å². The number of hydrogen-bond donors (Lipinski definition) is 5. The molecule has 1 saturated heterocycles. The molecule has 37 heavy (non-hydrogen) atoms. The first-order chi connectivity index (χ1) is 17.6. The van der Waals surface area contributed by atoms with Gasteiger partial charge in [-0.1, -0.05) is 5.16 Å². The molecule has 0 spiro atoms. The van der Waals surface area contributed by atoms with Gasteiger partial charge in [-0.2, -0.15) is 4.31 Å². The minimum atomic E-state index is -4.11. The molecule has 2 aliphatic rings. The zero-order chi connectivity index (χ0) is 26.5. The van der Waals surface area contributed by atoms with Crippen molar-refractivity contribution in [3.05, 3.63) is 45.4 Å². The number of hydrogen-bond acceptors (Lipinski definition) is 9. The SMILES string of the molecule is CC1Cc2nc(C(=O)N3CCN(S(=O)(=O)c4cc5cc(/C(N)=N\O)ccc5[nH]4)CC3C(=O)O)sc2CN1. The van der Waals surface area contributed by atoms with Crippen molar-refractivity contribution >= 4 is 50.0 Å². The largest absolute Gasteiger partial charge is 0.480 e. The second-order valence-corrected chi connectivity index (χ2v) is 12.0. The fraction of sp³-hybridized carbons (Fsp3) is 0.364. The number of amidine groups is 1. The van der Waals surface area contributed by atoms with Crippen LogP contribution in [0.2, 0.25) is 0 Å². The molecule has 6 N–H and O–H groups in total. The highest BCUT2D eigenvalue weighted by molar-refractivity contribution is 7.89. The number of nitrogens with zero attached hydrogens (tertiary/aromatic N) is 4. The summed E-state index contributed by atoms with van der Waals surface area (Å²) in [5.41, 5.74) is 7.37. The van der Waals surface area contributed by atoms with E-state index < -0.39 is 34.5 Å². The predicted octanol–water partition coefficient (Wildman–Crippen LogP) is 0.353. The third-order valence-electron chi connectivity index (χ3n) is 6.58. The Bertz CT molecular complexity index is 1530. The number of sulfonamides is 1. The Morgan fingerprint density at radius 2 is 2.05 bits per heavy atom. The van der Waals surface area contributed by atoms with Crippen LogP contribution in [0.3, 0.4) is 0 Å². The number of aromatic nitrogens is 2. The van der Waals surface area contributed by atoms with Crippen LogP contribution in [0.1, 0.15) is 32.9 Å². The quantitative estimate of drug-likeness (QED) is 0.130. The lowest BCUT2D eigenvalue weighted by Crippen LogP contribution is -2.59. The normalized spacial score (nSPS) is 21.2. The summed E-state index contributed by atoms with van der Waals surface area (Å²) in [4.78, 5) is 34.8. The highest BCUT2D eigenvalue weighted by atomic mass is 32.2. The van der Waals surface area contributed by atoms with E-state index >= 15 is 0 Å². The summed E-state index contributed by atoms with van der Waals surface area (Å²) >= 11 is 1.24. The van der Waals surface area contributed by atoms with E-state index in [9.17, 15) is 23.1 Å². The Morgan fingerprint density at radius 1 is 1.27 bits per heavy atom. The summed E-state index contributed by atoms with van der Waals surface area (Å²) in [6.45, 7) is 2.04. The van der Waals surface area contributed by atoms with E-state index in [-0.39, 0.29) is 35.0 Å². The third kappa shape index (κ3) is 4.54. The Balaban J connectivity index is 1.38. The number of rotatable bonds is 5. The van der Waals surface area contributed by atoms with E-state index in [0.29, 0.717) is 29.4 Å². The van der Waals surface area contributed by atoms with Crippen molar-refractivity contribution < 1.29 is 28.3 Å². The summed E-state index contributed by atoms with van der Waals surface area (Å²) < 4.78 is 27.9. The number of amides is 1. The number of piperazine rings is 1. The lowest BCUT2D eigenvalue weighted by molar-refractivity contribution is -0.143. The maximum absolute atomic E-state index is 13.4. The average molecular weight is 548 g/mol. The van der Waals surface area contributed by atoms with Crippen LogP contribution in [0.5, 0.6) is 0 Å². The number of nitrogens with two attached hydrogens (primary N) is 1. The molecule has 3 aromatic rings. The molecule has 196 valence electrons. The number of thiazole rings is 1. The van der Waals surface area contributed by atoms with Crippen molar-refractivity contribution in [1.82, 2.24) is 24.5 Å². The second-order valence-electron chi connectivity index (χ2n) is 9.01. The van der Waals surface area contributed by atoms with Gasteiger partial charge in [0.25, 0.3) is 15.9 Å². The number of aliphatic carboxylic acids is 1. The first kappa shape index (κ1) is 25.1. The molecule has 2 unspecified atom stereocenters. The van der Waals surface area contributed by atoms with E-state index in [4.69, 9.17) is 10.9 Å². The molecule has 2 aliphatic heterocycles. The first-order valence-electron chi connectivity index (χ1n) is 11.4. The van der Waals surface area contributed by atoms with Crippen molar-refractivity contribution in [3.8, 4) is 0 Å². The van der Waals surface area contributed by atoms with E-state index in [1.807, 2.05) is 6.92 Å². The van der Waals surface area contributed by atoms with Gasteiger partial charge < -0.3 is 31.2 Å². The van der Waals surface area contributed by atoms with Crippen LogP contribution in [0.15, 0.2) is 34.4 Å². The molecule has 0 aliphatic carbocycles. The van der Waals surface area contributed by atoms with Gasteiger partial charge in [-0.05, 0) is 31.2 Å². The van der Waals surface area contributed by atoms with Gasteiger partial charge >= 0.3 is 5.97 Å². The summed E-state index contributed by atoms with van der Waals surface area (Å²) in [6, 6.07) is 5.01. The topological polar surface area (TPSA) is 194 Å². The molecule has 13 nitrogen and oxygen atoms in total. The average Bonchev–Trinajstić information content (AvgIpc) is 3.51. The van der Waals surface area contributed by atoms with Gasteiger partial charge in [0, 0.05) is 60.0 Å². The summed E-state index contributed by atoms with van der Waals surface area (Å²) in [5.74, 6) is -1.94. The van der Waals surface area contributed by atoms with E-state index in [1.54, 1.807) is 18.2 Å². The minimum Gasteiger partial charge on any atom is -0.480 e. The molecule has 1 amide bonds. The van der Waals surface area contributed by atoms with Crippen LogP contribution in [-0.2, 0) is 27.8 Å². The maximum Gasteiger partial charge on any atom is 0.327 e. The number of H-pyrrole nitrogens is 1. The number of carbonyl (C=O) groups excluding carboxylic acids is 1. The van der Waals surface area contributed by atoms with Crippen LogP contribution in [-0.4, -0.2) is 87.3 Å². The van der Waals surface area contributed by atoms with Crippen molar-refractivity contribution in [2.45, 2.75) is 37.0 Å². The minimum absolute atomic E-state index is 0.0771. The van der Waals surface area contributed by atoms with E-state index in [2.05, 4.69) is 20.4 Å². The molecule has 5 rings (SSSR count). The van der Waals surface area contributed by atoms with Crippen LogP contribution >= 0.6 is 11.3 Å². The highest BCUT2D eigenvalue weighted by Gasteiger charge is 2.41. The molecule has 0 radical (unpaired) electrons. The Hall–Kier alpha value is -3.53. The maximum atomic E-state index is 13.4. The monoisotopic (exact) mass is 547 g/mol. The third-order valence-corrected chi connectivity index (χ3v) is 9.45. The molecular formula is C22H25N7O6S2. The second kappa shape index (κ2) is 9.41. The Kier molecular flexibility index (Phi) is 6.39. The zero-order valence-corrected chi connectivity index (χ0v) is 21.3. The first-order valence-corrected chi connectivity index (χ1v) is 13.7. The van der Waals surface area contributed by atoms with Crippen molar-refractivity contribution in [2.75, 3.05) is 19.6 Å². The Labute approximate surface area is 215 Å². The van der Waals surface area contributed by atoms with E-state index in [1.165, 1.54) is 22.3 Å². The van der Waals surface area contributed by atoms with Crippen LogP contribution in [0, 0.1) is 0 Å². The number of aromatic amines is 1. The fourth-order valence-corrected chi connectivity index (χ4v) is 7.00. The number of carboxylic acids is 1. The Morgan fingerprint density at radius 3 is 2.78 bits per heavy atom. The number of carboxylic acid groups (broad SMARTS) is 1. The van der Waals surface area contributed by atoms with Gasteiger partial charge in [0.15, 0.2) is 10.8 Å². The number of carbonyl (C=O) groups is 2.